The molecule has 0 aliphatic heterocycles. The average Bonchev–Trinajstić information content (AvgIpc) is 2.67. The number of anilines is 1. The first-order valence-electron chi connectivity index (χ1n) is 8.94. The number of nitrogens with zero attached hydrogens (tertiary/aromatic N) is 2. The van der Waals surface area contributed by atoms with Crippen LogP contribution in [0, 0.1) is 13.8 Å². The van der Waals surface area contributed by atoms with Crippen molar-refractivity contribution in [2.45, 2.75) is 40.5 Å². The first-order valence-corrected chi connectivity index (χ1v) is 10.5. The molecule has 2 rings (SSSR count). The highest BCUT2D eigenvalue weighted by atomic mass is 31.2. The number of rotatable bonds is 9. The summed E-state index contributed by atoms with van der Waals surface area (Å²) in [5, 5.41) is 10.5. The highest BCUT2D eigenvalue weighted by Gasteiger charge is 2.32. The van der Waals surface area contributed by atoms with Crippen LogP contribution in [0.15, 0.2) is 35.8 Å². The zero-order valence-corrected chi connectivity index (χ0v) is 17.6. The number of phenolic OH excluding ortho intramolecular Hbond substituents is 1. The van der Waals surface area contributed by atoms with Gasteiger partial charge in [0, 0.05) is 18.0 Å². The predicted octanol–water partition coefficient (Wildman–Crippen LogP) is 5.13. The Labute approximate surface area is 165 Å². The number of phenols is 1. The van der Waals surface area contributed by atoms with Crippen LogP contribution in [0.5, 0.6) is 17.2 Å². The maximum atomic E-state index is 13.6. The number of hydrogen-bond acceptors (Lipinski definition) is 8. The van der Waals surface area contributed by atoms with Crippen LogP contribution in [0.2, 0.25) is 0 Å². The van der Waals surface area contributed by atoms with Gasteiger partial charge in [-0.05, 0) is 44.4 Å². The normalized spacial score (nSPS) is 13.7. The van der Waals surface area contributed by atoms with Gasteiger partial charge in [0.05, 0.1) is 12.4 Å². The van der Waals surface area contributed by atoms with Gasteiger partial charge in [-0.3, -0.25) is 0 Å². The summed E-state index contributed by atoms with van der Waals surface area (Å²) in [5.74, 6) is 0.638. The summed E-state index contributed by atoms with van der Waals surface area (Å²) >= 11 is 0. The molecule has 0 fully saturated rings. The van der Waals surface area contributed by atoms with Crippen LogP contribution in [0.25, 0.3) is 0 Å². The molecule has 1 unspecified atom stereocenters. The predicted molar refractivity (Wildman–Crippen MR) is 108 cm³/mol. The van der Waals surface area contributed by atoms with E-state index in [1.54, 1.807) is 25.3 Å². The molecule has 9 heteroatoms. The fourth-order valence-electron chi connectivity index (χ4n) is 2.48. The molecule has 2 aromatic rings. The minimum atomic E-state index is -3.78. The van der Waals surface area contributed by atoms with Gasteiger partial charge in [-0.25, -0.2) is 20.0 Å². The summed E-state index contributed by atoms with van der Waals surface area (Å²) in [5.41, 5.74) is 3.80. The Bertz CT molecular complexity index is 901. The third-order valence-corrected chi connectivity index (χ3v) is 5.88. The molecule has 152 valence electrons. The molecule has 28 heavy (non-hydrogen) atoms. The smallest absolute Gasteiger partial charge is 0.427 e. The minimum Gasteiger partial charge on any atom is -0.504 e. The fraction of sp³-hybridized carbons (Fsp3) is 0.368. The lowest BCUT2D eigenvalue weighted by Gasteiger charge is -2.22. The van der Waals surface area contributed by atoms with E-state index in [4.69, 9.17) is 13.9 Å². The molecule has 0 saturated heterocycles. The summed E-state index contributed by atoms with van der Waals surface area (Å²) in [6, 6.07) is 4.76. The van der Waals surface area contributed by atoms with E-state index in [-0.39, 0.29) is 23.2 Å². The zero-order chi connectivity index (χ0) is 20.7. The lowest BCUT2D eigenvalue weighted by molar-refractivity contribution is 0.319. The first kappa shape index (κ1) is 21.7. The largest absolute Gasteiger partial charge is 0.504 e. The summed E-state index contributed by atoms with van der Waals surface area (Å²) in [4.78, 5) is 8.21. The van der Waals surface area contributed by atoms with E-state index >= 15 is 0 Å². The molecule has 8 nitrogen and oxygen atoms in total. The van der Waals surface area contributed by atoms with Crippen LogP contribution in [-0.2, 0) is 9.19 Å². The van der Waals surface area contributed by atoms with Gasteiger partial charge in [-0.2, -0.15) is 4.62 Å². The molecule has 1 aromatic carbocycles. The minimum absolute atomic E-state index is 0.00305. The van der Waals surface area contributed by atoms with Crippen LogP contribution in [0.1, 0.15) is 37.9 Å². The molecule has 2 N–H and O–H groups in total. The molecule has 0 aliphatic carbocycles. The SMILES string of the molecule is CC/C=C(/CC)P(=O)(ONc1nccc(C)n1)Oc1cc(C)c(O)c(OC)c1. The molecular weight excluding hydrogens is 381 g/mol. The number of aryl methyl sites for hydroxylation is 2. The van der Waals surface area contributed by atoms with Gasteiger partial charge in [0.2, 0.25) is 5.95 Å². The number of ether oxygens (including phenoxy) is 1. The number of methoxy groups -OCH3 is 1. The standard InChI is InChI=1S/C19H26N3O5P/c1-6-8-16(7-2)28(24,27-22-19-20-10-9-14(4)21-19)26-15-11-13(3)18(23)17(12-15)25-5/h8-12,23H,6-7H2,1-5H3,(H,20,21,22)/b16-8-. The lowest BCUT2D eigenvalue weighted by Crippen LogP contribution is -2.09. The van der Waals surface area contributed by atoms with E-state index < -0.39 is 7.60 Å². The van der Waals surface area contributed by atoms with E-state index in [1.165, 1.54) is 13.2 Å². The Kier molecular flexibility index (Phi) is 7.43. The Balaban J connectivity index is 2.37. The number of benzene rings is 1. The van der Waals surface area contributed by atoms with E-state index in [9.17, 15) is 9.67 Å². The Hall–Kier alpha value is -2.57. The van der Waals surface area contributed by atoms with E-state index in [0.29, 0.717) is 23.7 Å². The van der Waals surface area contributed by atoms with Crippen LogP contribution in [-0.4, -0.2) is 22.2 Å². The van der Waals surface area contributed by atoms with Gasteiger partial charge in [-0.15, -0.1) is 0 Å². The van der Waals surface area contributed by atoms with Gasteiger partial charge in [0.15, 0.2) is 11.5 Å². The maximum Gasteiger partial charge on any atom is 0.427 e. The van der Waals surface area contributed by atoms with Crippen molar-refractivity contribution in [3.8, 4) is 17.2 Å². The number of aromatic hydroxyl groups is 1. The van der Waals surface area contributed by atoms with Crippen LogP contribution < -0.4 is 14.7 Å². The van der Waals surface area contributed by atoms with Crippen molar-refractivity contribution < 1.29 is 23.6 Å². The second kappa shape index (κ2) is 9.57. The Morgan fingerprint density at radius 3 is 2.68 bits per heavy atom. The van der Waals surface area contributed by atoms with Gasteiger partial charge in [0.25, 0.3) is 0 Å². The van der Waals surface area contributed by atoms with Crippen molar-refractivity contribution in [2.24, 2.45) is 0 Å². The molecule has 0 saturated carbocycles. The third kappa shape index (κ3) is 5.24. The molecule has 0 bridgehead atoms. The van der Waals surface area contributed by atoms with Crippen molar-refractivity contribution >= 4 is 13.5 Å². The van der Waals surface area contributed by atoms with E-state index in [1.807, 2.05) is 26.8 Å². The fourth-order valence-corrected chi connectivity index (χ4v) is 4.13. The molecule has 1 aromatic heterocycles. The first-order chi connectivity index (χ1) is 13.3. The molecule has 0 spiro atoms. The zero-order valence-electron chi connectivity index (χ0n) is 16.7. The second-order valence-corrected chi connectivity index (χ2v) is 7.99. The summed E-state index contributed by atoms with van der Waals surface area (Å²) < 4.78 is 30.1. The highest BCUT2D eigenvalue weighted by Crippen LogP contribution is 2.57. The van der Waals surface area contributed by atoms with Crippen LogP contribution in [0.3, 0.4) is 0 Å². The third-order valence-electron chi connectivity index (χ3n) is 3.89. The molecule has 1 heterocycles. The van der Waals surface area contributed by atoms with Crippen molar-refractivity contribution in [1.82, 2.24) is 9.97 Å². The van der Waals surface area contributed by atoms with Gasteiger partial charge in [0.1, 0.15) is 5.75 Å². The van der Waals surface area contributed by atoms with Crippen molar-refractivity contribution in [1.29, 1.82) is 0 Å². The molecule has 0 aliphatic rings. The lowest BCUT2D eigenvalue weighted by atomic mass is 10.2. The average molecular weight is 407 g/mol. The number of nitrogens with one attached hydrogen (secondary N) is 1. The van der Waals surface area contributed by atoms with E-state index in [2.05, 4.69) is 15.4 Å². The maximum absolute atomic E-state index is 13.6. The molecular formula is C19H26N3O5P. The Morgan fingerprint density at radius 1 is 1.32 bits per heavy atom. The Morgan fingerprint density at radius 2 is 2.07 bits per heavy atom. The topological polar surface area (TPSA) is 103 Å². The van der Waals surface area contributed by atoms with Crippen LogP contribution >= 0.6 is 7.60 Å². The van der Waals surface area contributed by atoms with E-state index in [0.717, 1.165) is 5.69 Å². The van der Waals surface area contributed by atoms with Gasteiger partial charge < -0.3 is 14.4 Å². The second-order valence-electron chi connectivity index (χ2n) is 6.05. The van der Waals surface area contributed by atoms with Crippen molar-refractivity contribution in [3.63, 3.8) is 0 Å². The number of hydrogen-bond donors (Lipinski definition) is 2. The van der Waals surface area contributed by atoms with Crippen molar-refractivity contribution in [2.75, 3.05) is 12.6 Å². The molecule has 0 radical (unpaired) electrons. The van der Waals surface area contributed by atoms with Crippen LogP contribution in [0.4, 0.5) is 5.95 Å². The molecule has 1 atom stereocenters. The summed E-state index contributed by atoms with van der Waals surface area (Å²) in [6.07, 6.45) is 4.51. The van der Waals surface area contributed by atoms with Gasteiger partial charge in [-0.1, -0.05) is 19.9 Å². The highest BCUT2D eigenvalue weighted by molar-refractivity contribution is 7.58. The monoisotopic (exact) mass is 407 g/mol. The number of allylic oxidation sites excluding steroid dienone is 2. The summed E-state index contributed by atoms with van der Waals surface area (Å²) in [7, 11) is -2.35. The quantitative estimate of drug-likeness (QED) is 0.436. The number of aromatic nitrogens is 2. The van der Waals surface area contributed by atoms with Crippen molar-refractivity contribution in [3.05, 3.63) is 47.0 Å². The molecule has 0 amide bonds. The van der Waals surface area contributed by atoms with Gasteiger partial charge >= 0.3 is 7.60 Å². The summed E-state index contributed by atoms with van der Waals surface area (Å²) in [6.45, 7) is 7.30.